The first kappa shape index (κ1) is 14.7. The van der Waals surface area contributed by atoms with E-state index >= 15 is 0 Å². The number of hydrogen-bond acceptors (Lipinski definition) is 4. The summed E-state index contributed by atoms with van der Waals surface area (Å²) in [7, 11) is 1.67. The van der Waals surface area contributed by atoms with Gasteiger partial charge in [0.1, 0.15) is 11.6 Å². The van der Waals surface area contributed by atoms with Crippen molar-refractivity contribution in [3.8, 4) is 5.75 Å². The number of hydrogen-bond donors (Lipinski definition) is 3. The average molecular weight is 277 g/mol. The summed E-state index contributed by atoms with van der Waals surface area (Å²) in [6, 6.07) is 8.35. The van der Waals surface area contributed by atoms with Crippen LogP contribution in [0, 0.1) is 5.41 Å². The van der Waals surface area contributed by atoms with Gasteiger partial charge in [-0.05, 0) is 42.9 Å². The highest BCUT2D eigenvalue weighted by Crippen LogP contribution is 2.48. The Morgan fingerprint density at radius 2 is 2.10 bits per heavy atom. The average Bonchev–Trinajstić information content (AvgIpc) is 3.24. The fourth-order valence-electron chi connectivity index (χ4n) is 2.39. The molecule has 1 aromatic rings. The smallest absolute Gasteiger partial charge is 0.139 e. The Morgan fingerprint density at radius 1 is 1.45 bits per heavy atom. The Morgan fingerprint density at radius 3 is 2.60 bits per heavy atom. The van der Waals surface area contributed by atoms with Crippen molar-refractivity contribution in [3.63, 3.8) is 0 Å². The molecule has 0 aliphatic heterocycles. The van der Waals surface area contributed by atoms with Gasteiger partial charge < -0.3 is 21.0 Å². The third-order valence-electron chi connectivity index (χ3n) is 4.04. The number of ether oxygens (including phenoxy) is 1. The molecule has 1 aliphatic carbocycles. The monoisotopic (exact) mass is 277 g/mol. The van der Waals surface area contributed by atoms with Crippen LogP contribution in [0.1, 0.15) is 37.8 Å². The summed E-state index contributed by atoms with van der Waals surface area (Å²) in [5.74, 6) is 1.19. The lowest BCUT2D eigenvalue weighted by atomic mass is 10.0. The molecule has 0 saturated heterocycles. The van der Waals surface area contributed by atoms with Gasteiger partial charge in [0.05, 0.1) is 7.11 Å². The Bertz CT molecular complexity index is 467. The van der Waals surface area contributed by atoms with Crippen LogP contribution in [0.5, 0.6) is 5.75 Å². The third kappa shape index (κ3) is 3.63. The molecule has 1 saturated carbocycles. The predicted octanol–water partition coefficient (Wildman–Crippen LogP) is 2.26. The van der Waals surface area contributed by atoms with Crippen molar-refractivity contribution in [2.75, 3.05) is 13.7 Å². The van der Waals surface area contributed by atoms with E-state index < -0.39 is 0 Å². The number of rotatable bonds is 7. The first-order valence-electron chi connectivity index (χ1n) is 6.92. The van der Waals surface area contributed by atoms with Gasteiger partial charge in [-0.1, -0.05) is 17.3 Å². The summed E-state index contributed by atoms with van der Waals surface area (Å²) in [5, 5.41) is 15.3. The fraction of sp³-hybridized carbons (Fsp3) is 0.533. The maximum atomic E-state index is 8.66. The lowest BCUT2D eigenvalue weighted by Crippen LogP contribution is -2.30. The van der Waals surface area contributed by atoms with Crippen LogP contribution in [0.25, 0.3) is 0 Å². The predicted molar refractivity (Wildman–Crippen MR) is 79.1 cm³/mol. The number of nitrogens with two attached hydrogens (primary N) is 1. The van der Waals surface area contributed by atoms with E-state index in [0.29, 0.717) is 12.3 Å². The molecule has 0 unspecified atom stereocenters. The zero-order chi connectivity index (χ0) is 14.6. The molecule has 110 valence electrons. The number of amidine groups is 1. The molecular formula is C15H23N3O2. The minimum absolute atomic E-state index is 0.178. The van der Waals surface area contributed by atoms with Crippen molar-refractivity contribution < 1.29 is 9.94 Å². The van der Waals surface area contributed by atoms with Gasteiger partial charge in [-0.2, -0.15) is 0 Å². The molecular weight excluding hydrogens is 254 g/mol. The summed E-state index contributed by atoms with van der Waals surface area (Å²) in [6.07, 6.45) is 2.92. The quantitative estimate of drug-likeness (QED) is 0.309. The molecule has 1 fully saturated rings. The first-order chi connectivity index (χ1) is 9.58. The fourth-order valence-corrected chi connectivity index (χ4v) is 2.39. The van der Waals surface area contributed by atoms with Gasteiger partial charge in [-0.3, -0.25) is 0 Å². The molecule has 0 radical (unpaired) electrons. The molecule has 0 aromatic heterocycles. The molecule has 1 aliphatic rings. The van der Waals surface area contributed by atoms with E-state index in [0.717, 1.165) is 25.1 Å². The van der Waals surface area contributed by atoms with E-state index in [1.165, 1.54) is 5.56 Å². The Kier molecular flexibility index (Phi) is 4.49. The molecule has 1 aromatic carbocycles. The maximum absolute atomic E-state index is 8.66. The minimum Gasteiger partial charge on any atom is -0.497 e. The lowest BCUT2D eigenvalue weighted by molar-refractivity contribution is 0.313. The summed E-state index contributed by atoms with van der Waals surface area (Å²) in [5.41, 5.74) is 7.01. The molecule has 0 bridgehead atoms. The van der Waals surface area contributed by atoms with Crippen LogP contribution < -0.4 is 15.8 Å². The molecule has 4 N–H and O–H groups in total. The van der Waals surface area contributed by atoms with Gasteiger partial charge >= 0.3 is 0 Å². The zero-order valence-corrected chi connectivity index (χ0v) is 12.1. The van der Waals surface area contributed by atoms with Crippen LogP contribution in [-0.2, 0) is 0 Å². The summed E-state index contributed by atoms with van der Waals surface area (Å²) < 4.78 is 5.16. The number of oxime groups is 1. The molecule has 2 rings (SSSR count). The standard InChI is InChI=1S/C15H23N3O2/c1-11(12-3-5-13(20-2)6-4-12)17-10-15(7-8-15)9-14(16)18-19/h3-6,11,17,19H,7-10H2,1-2H3,(H2,16,18)/t11-/m0/s1. The van der Waals surface area contributed by atoms with E-state index in [-0.39, 0.29) is 11.5 Å². The van der Waals surface area contributed by atoms with Crippen molar-refractivity contribution in [3.05, 3.63) is 29.8 Å². The van der Waals surface area contributed by atoms with Gasteiger partial charge in [-0.25, -0.2) is 0 Å². The normalized spacial score (nSPS) is 18.6. The van der Waals surface area contributed by atoms with E-state index in [4.69, 9.17) is 15.7 Å². The van der Waals surface area contributed by atoms with Crippen LogP contribution in [0.2, 0.25) is 0 Å². The third-order valence-corrected chi connectivity index (χ3v) is 4.04. The number of nitrogens with zero attached hydrogens (tertiary/aromatic N) is 1. The van der Waals surface area contributed by atoms with E-state index in [1.54, 1.807) is 7.11 Å². The second kappa shape index (κ2) is 6.13. The molecule has 0 spiro atoms. The topological polar surface area (TPSA) is 79.9 Å². The molecule has 1 atom stereocenters. The minimum atomic E-state index is 0.178. The maximum Gasteiger partial charge on any atom is 0.139 e. The summed E-state index contributed by atoms with van der Waals surface area (Å²) in [4.78, 5) is 0. The SMILES string of the molecule is COc1ccc([C@H](C)NCC2(C/C(N)=N/O)CC2)cc1. The molecule has 0 heterocycles. The lowest BCUT2D eigenvalue weighted by Gasteiger charge is -2.20. The van der Waals surface area contributed by atoms with Crippen molar-refractivity contribution in [2.45, 2.75) is 32.2 Å². The molecule has 5 nitrogen and oxygen atoms in total. The van der Waals surface area contributed by atoms with E-state index in [9.17, 15) is 0 Å². The Hall–Kier alpha value is -1.75. The van der Waals surface area contributed by atoms with Crippen LogP contribution in [-0.4, -0.2) is 24.7 Å². The zero-order valence-electron chi connectivity index (χ0n) is 12.1. The first-order valence-corrected chi connectivity index (χ1v) is 6.92. The number of nitrogens with one attached hydrogen (secondary N) is 1. The van der Waals surface area contributed by atoms with E-state index in [1.807, 2.05) is 12.1 Å². The Labute approximate surface area is 119 Å². The van der Waals surface area contributed by atoms with Gasteiger partial charge in [0.15, 0.2) is 0 Å². The number of methoxy groups -OCH3 is 1. The largest absolute Gasteiger partial charge is 0.497 e. The molecule has 0 amide bonds. The molecule has 20 heavy (non-hydrogen) atoms. The van der Waals surface area contributed by atoms with Gasteiger partial charge in [0.2, 0.25) is 0 Å². The van der Waals surface area contributed by atoms with Gasteiger partial charge in [0.25, 0.3) is 0 Å². The van der Waals surface area contributed by atoms with Crippen molar-refractivity contribution in [1.82, 2.24) is 5.32 Å². The van der Waals surface area contributed by atoms with Gasteiger partial charge in [0, 0.05) is 19.0 Å². The second-order valence-electron chi connectivity index (χ2n) is 5.64. The highest BCUT2D eigenvalue weighted by Gasteiger charge is 2.43. The van der Waals surface area contributed by atoms with Gasteiger partial charge in [-0.15, -0.1) is 0 Å². The van der Waals surface area contributed by atoms with Crippen LogP contribution >= 0.6 is 0 Å². The van der Waals surface area contributed by atoms with Crippen molar-refractivity contribution in [1.29, 1.82) is 0 Å². The van der Waals surface area contributed by atoms with Crippen LogP contribution in [0.3, 0.4) is 0 Å². The van der Waals surface area contributed by atoms with E-state index in [2.05, 4.69) is 29.5 Å². The Balaban J connectivity index is 1.87. The van der Waals surface area contributed by atoms with Crippen molar-refractivity contribution in [2.24, 2.45) is 16.3 Å². The second-order valence-corrected chi connectivity index (χ2v) is 5.64. The summed E-state index contributed by atoms with van der Waals surface area (Å²) in [6.45, 7) is 3.03. The van der Waals surface area contributed by atoms with Crippen LogP contribution in [0.15, 0.2) is 29.4 Å². The molecule has 5 heteroatoms. The highest BCUT2D eigenvalue weighted by atomic mass is 16.5. The number of benzene rings is 1. The highest BCUT2D eigenvalue weighted by molar-refractivity contribution is 5.80. The summed E-state index contributed by atoms with van der Waals surface area (Å²) >= 11 is 0. The van der Waals surface area contributed by atoms with Crippen molar-refractivity contribution >= 4 is 5.84 Å². The van der Waals surface area contributed by atoms with Crippen LogP contribution in [0.4, 0.5) is 0 Å².